The van der Waals surface area contributed by atoms with E-state index in [2.05, 4.69) is 15.6 Å². The molecule has 178 valence electrons. The summed E-state index contributed by atoms with van der Waals surface area (Å²) in [6, 6.07) is 11.2. The van der Waals surface area contributed by atoms with E-state index in [0.717, 1.165) is 26.8 Å². The van der Waals surface area contributed by atoms with E-state index in [1.165, 1.54) is 11.3 Å². The first-order valence-corrected chi connectivity index (χ1v) is 12.1. The minimum Gasteiger partial charge on any atom is -0.494 e. The number of nitrogens with zero attached hydrogens (tertiary/aromatic N) is 2. The third-order valence-corrected chi connectivity index (χ3v) is 6.61. The van der Waals surface area contributed by atoms with E-state index in [1.807, 2.05) is 43.3 Å². The Labute approximate surface area is 202 Å². The van der Waals surface area contributed by atoms with Crippen LogP contribution in [-0.2, 0) is 24.2 Å². The van der Waals surface area contributed by atoms with Crippen LogP contribution in [0.15, 0.2) is 48.8 Å². The van der Waals surface area contributed by atoms with Crippen LogP contribution in [0.2, 0.25) is 0 Å². The summed E-state index contributed by atoms with van der Waals surface area (Å²) in [4.78, 5) is 32.4. The molecule has 2 N–H and O–H groups in total. The number of carbonyl (C=O) groups excluding carboxylic acids is 2. The molecule has 0 radical (unpaired) electrons. The van der Waals surface area contributed by atoms with E-state index in [4.69, 9.17) is 9.47 Å². The second-order valence-corrected chi connectivity index (χ2v) is 8.80. The van der Waals surface area contributed by atoms with Gasteiger partial charge in [0, 0.05) is 36.0 Å². The molecule has 0 aliphatic carbocycles. The van der Waals surface area contributed by atoms with Crippen LogP contribution in [0.1, 0.15) is 40.2 Å². The summed E-state index contributed by atoms with van der Waals surface area (Å²) in [6.07, 6.45) is 3.75. The maximum absolute atomic E-state index is 13.4. The lowest BCUT2D eigenvalue weighted by molar-refractivity contribution is 0.102. The highest BCUT2D eigenvalue weighted by Gasteiger charge is 2.30. The van der Waals surface area contributed by atoms with Gasteiger partial charge in [-0.15, -0.1) is 11.3 Å². The smallest absolute Gasteiger partial charge is 0.410 e. The summed E-state index contributed by atoms with van der Waals surface area (Å²) in [7, 11) is 0. The number of benzene rings is 1. The monoisotopic (exact) mass is 480 g/mol. The molecule has 0 unspecified atom stereocenters. The van der Waals surface area contributed by atoms with Gasteiger partial charge in [-0.3, -0.25) is 9.78 Å². The first-order chi connectivity index (χ1) is 16.6. The topological polar surface area (TPSA) is 92.8 Å². The van der Waals surface area contributed by atoms with Gasteiger partial charge >= 0.3 is 6.09 Å². The average Bonchev–Trinajstić information content (AvgIpc) is 3.22. The minimum atomic E-state index is -0.326. The summed E-state index contributed by atoms with van der Waals surface area (Å²) in [5.74, 6) is 0.579. The van der Waals surface area contributed by atoms with E-state index in [9.17, 15) is 9.59 Å². The van der Waals surface area contributed by atoms with Crippen molar-refractivity contribution in [1.29, 1.82) is 0 Å². The summed E-state index contributed by atoms with van der Waals surface area (Å²) < 4.78 is 10.7. The van der Waals surface area contributed by atoms with Crippen molar-refractivity contribution in [2.75, 3.05) is 30.4 Å². The van der Waals surface area contributed by atoms with Gasteiger partial charge in [0.1, 0.15) is 10.8 Å². The summed E-state index contributed by atoms with van der Waals surface area (Å²) in [6.45, 7) is 6.15. The van der Waals surface area contributed by atoms with Gasteiger partial charge in [0.2, 0.25) is 0 Å². The summed E-state index contributed by atoms with van der Waals surface area (Å²) >= 11 is 1.51. The largest absolute Gasteiger partial charge is 0.494 e. The molecule has 1 aromatic carbocycles. The molecule has 9 heteroatoms. The number of carbonyl (C=O) groups is 2. The Morgan fingerprint density at radius 1 is 1.09 bits per heavy atom. The quantitative estimate of drug-likeness (QED) is 0.475. The average molecular weight is 481 g/mol. The number of ether oxygens (including phenoxy) is 2. The van der Waals surface area contributed by atoms with Crippen molar-refractivity contribution in [3.05, 3.63) is 70.4 Å². The van der Waals surface area contributed by atoms with Crippen molar-refractivity contribution in [1.82, 2.24) is 9.88 Å². The maximum atomic E-state index is 13.4. The first kappa shape index (κ1) is 23.6. The summed E-state index contributed by atoms with van der Waals surface area (Å²) in [5.41, 5.74) is 3.36. The molecule has 2 amide bonds. The number of anilines is 2. The minimum absolute atomic E-state index is 0.177. The molecule has 0 fully saturated rings. The van der Waals surface area contributed by atoms with Gasteiger partial charge in [0.15, 0.2) is 0 Å². The fraction of sp³-hybridized carbons (Fsp3) is 0.320. The number of fused-ring (bicyclic) bond motifs is 1. The van der Waals surface area contributed by atoms with E-state index in [-0.39, 0.29) is 12.0 Å². The Morgan fingerprint density at radius 2 is 1.85 bits per heavy atom. The molecule has 8 nitrogen and oxygen atoms in total. The number of thiophene rings is 1. The zero-order valence-electron chi connectivity index (χ0n) is 19.3. The Hall–Kier alpha value is -3.59. The van der Waals surface area contributed by atoms with E-state index < -0.39 is 0 Å². The third kappa shape index (κ3) is 5.48. The Kier molecular flexibility index (Phi) is 7.64. The predicted molar refractivity (Wildman–Crippen MR) is 133 cm³/mol. The van der Waals surface area contributed by atoms with Crippen LogP contribution < -0.4 is 15.4 Å². The third-order valence-electron chi connectivity index (χ3n) is 5.44. The fourth-order valence-corrected chi connectivity index (χ4v) is 5.07. The zero-order chi connectivity index (χ0) is 23.9. The highest BCUT2D eigenvalue weighted by molar-refractivity contribution is 7.16. The number of amides is 2. The number of aromatic nitrogens is 1. The normalized spacial score (nSPS) is 12.6. The number of hydrogen-bond donors (Lipinski definition) is 2. The molecular weight excluding hydrogens is 452 g/mol. The number of rotatable bonds is 8. The lowest BCUT2D eigenvalue weighted by Crippen LogP contribution is -2.36. The van der Waals surface area contributed by atoms with Crippen LogP contribution >= 0.6 is 11.3 Å². The van der Waals surface area contributed by atoms with Crippen molar-refractivity contribution in [3.63, 3.8) is 0 Å². The zero-order valence-corrected chi connectivity index (χ0v) is 20.1. The molecule has 1 aliphatic rings. The van der Waals surface area contributed by atoms with Crippen LogP contribution in [0.3, 0.4) is 0 Å². The van der Waals surface area contributed by atoms with Gasteiger partial charge in [-0.25, -0.2) is 4.79 Å². The van der Waals surface area contributed by atoms with Gasteiger partial charge < -0.3 is 25.0 Å². The fourth-order valence-electron chi connectivity index (χ4n) is 3.82. The summed E-state index contributed by atoms with van der Waals surface area (Å²) in [5, 5.41) is 7.23. The van der Waals surface area contributed by atoms with Gasteiger partial charge in [0.25, 0.3) is 5.91 Å². The molecule has 2 aromatic heterocycles. The molecule has 3 heterocycles. The van der Waals surface area contributed by atoms with Gasteiger partial charge in [0.05, 0.1) is 25.3 Å². The maximum Gasteiger partial charge on any atom is 0.410 e. The molecule has 3 aromatic rings. The highest BCUT2D eigenvalue weighted by Crippen LogP contribution is 2.38. The van der Waals surface area contributed by atoms with Crippen molar-refractivity contribution in [2.45, 2.75) is 33.4 Å². The number of hydrogen-bond acceptors (Lipinski definition) is 7. The number of pyridine rings is 1. The van der Waals surface area contributed by atoms with Crippen molar-refractivity contribution >= 4 is 34.0 Å². The van der Waals surface area contributed by atoms with E-state index >= 15 is 0 Å². The lowest BCUT2D eigenvalue weighted by Gasteiger charge is -2.26. The Balaban J connectivity index is 1.58. The van der Waals surface area contributed by atoms with E-state index in [0.29, 0.717) is 50.5 Å². The van der Waals surface area contributed by atoms with Crippen LogP contribution in [-0.4, -0.2) is 41.6 Å². The molecule has 1 aliphatic heterocycles. The van der Waals surface area contributed by atoms with Crippen molar-refractivity contribution < 1.29 is 19.1 Å². The van der Waals surface area contributed by atoms with Gasteiger partial charge in [-0.05, 0) is 67.8 Å². The molecule has 34 heavy (non-hydrogen) atoms. The predicted octanol–water partition coefficient (Wildman–Crippen LogP) is 4.92. The highest BCUT2D eigenvalue weighted by atomic mass is 32.1. The molecule has 0 saturated heterocycles. The SMILES string of the molecule is CCOC(=O)N1CCc2c(sc(NCc3ccncc3)c2C(=O)Nc2ccc(OCC)cc2)C1. The van der Waals surface area contributed by atoms with Gasteiger partial charge in [-0.2, -0.15) is 0 Å². The molecule has 0 atom stereocenters. The number of nitrogens with one attached hydrogen (secondary N) is 2. The molecule has 0 spiro atoms. The van der Waals surface area contributed by atoms with Crippen LogP contribution in [0.4, 0.5) is 15.5 Å². The van der Waals surface area contributed by atoms with Crippen LogP contribution in [0.25, 0.3) is 0 Å². The van der Waals surface area contributed by atoms with Crippen molar-refractivity contribution in [2.24, 2.45) is 0 Å². The standard InChI is InChI=1S/C25H28N4O4S/c1-3-32-19-7-5-18(6-8-19)28-23(30)22-20-11-14-29(25(31)33-4-2)16-21(20)34-24(22)27-15-17-9-12-26-13-10-17/h5-10,12-13,27H,3-4,11,14-16H2,1-2H3,(H,28,30). The Morgan fingerprint density at radius 3 is 2.56 bits per heavy atom. The van der Waals surface area contributed by atoms with Crippen LogP contribution in [0, 0.1) is 0 Å². The molecular formula is C25H28N4O4S. The second-order valence-electron chi connectivity index (χ2n) is 7.70. The molecule has 4 rings (SSSR count). The lowest BCUT2D eigenvalue weighted by atomic mass is 10.0. The Bertz CT molecular complexity index is 1130. The molecule has 0 saturated carbocycles. The van der Waals surface area contributed by atoms with Crippen LogP contribution in [0.5, 0.6) is 5.75 Å². The second kappa shape index (κ2) is 11.0. The first-order valence-electron chi connectivity index (χ1n) is 11.3. The van der Waals surface area contributed by atoms with Crippen molar-refractivity contribution in [3.8, 4) is 5.75 Å². The molecule has 0 bridgehead atoms. The van der Waals surface area contributed by atoms with Gasteiger partial charge in [-0.1, -0.05) is 0 Å². The van der Waals surface area contributed by atoms with E-state index in [1.54, 1.807) is 24.2 Å².